The van der Waals surface area contributed by atoms with Crippen molar-refractivity contribution in [3.63, 3.8) is 0 Å². The number of fused-ring (bicyclic) bond motifs is 1. The van der Waals surface area contributed by atoms with Crippen LogP contribution in [-0.2, 0) is 6.54 Å². The quantitative estimate of drug-likeness (QED) is 0.700. The van der Waals surface area contributed by atoms with Crippen LogP contribution in [0.2, 0.25) is 0 Å². The Morgan fingerprint density at radius 1 is 1.35 bits per heavy atom. The fraction of sp³-hybridized carbons (Fsp3) is 0.467. The number of nitrogens with zero attached hydrogens (tertiary/aromatic N) is 1. The Bertz CT molecular complexity index is 595. The fourth-order valence-electron chi connectivity index (χ4n) is 2.48. The molecule has 110 valence electrons. The van der Waals surface area contributed by atoms with Crippen molar-refractivity contribution < 1.29 is 14.6 Å². The van der Waals surface area contributed by atoms with Crippen LogP contribution in [0.3, 0.4) is 0 Å². The number of hydrogen-bond donors (Lipinski definition) is 3. The van der Waals surface area contributed by atoms with Crippen molar-refractivity contribution in [2.75, 3.05) is 19.7 Å². The zero-order valence-electron chi connectivity index (χ0n) is 11.9. The summed E-state index contributed by atoms with van der Waals surface area (Å²) >= 11 is 0. The first kappa shape index (κ1) is 15.0. The molecule has 0 aliphatic heterocycles. The Labute approximate surface area is 117 Å². The van der Waals surface area contributed by atoms with Crippen molar-refractivity contribution in [1.82, 2.24) is 9.88 Å². The van der Waals surface area contributed by atoms with E-state index in [0.717, 1.165) is 22.2 Å². The molecule has 3 N–H and O–H groups in total. The first-order valence-corrected chi connectivity index (χ1v) is 6.79. The van der Waals surface area contributed by atoms with E-state index in [1.54, 1.807) is 6.07 Å². The standard InChI is InChI=1S/C15H21FN2O2/c1-10-11(2)18(9-13(20)8-17-5-6-19)15-4-3-12(16)7-14(10)15/h3-4,7,13,17,19-20H,5-6,8-9H2,1-2H3/t13-/m1/s1. The largest absolute Gasteiger partial charge is 0.395 e. The van der Waals surface area contributed by atoms with Crippen molar-refractivity contribution in [3.05, 3.63) is 35.3 Å². The third kappa shape index (κ3) is 3.00. The molecule has 0 fully saturated rings. The van der Waals surface area contributed by atoms with Crippen LogP contribution in [0, 0.1) is 19.7 Å². The SMILES string of the molecule is Cc1c(C)n(C[C@H](O)CNCCO)c2ccc(F)cc12. The summed E-state index contributed by atoms with van der Waals surface area (Å²) in [5, 5.41) is 22.6. The Morgan fingerprint density at radius 2 is 2.10 bits per heavy atom. The van der Waals surface area contributed by atoms with Gasteiger partial charge in [-0.05, 0) is 37.6 Å². The molecule has 0 saturated heterocycles. The maximum absolute atomic E-state index is 13.3. The van der Waals surface area contributed by atoms with E-state index >= 15 is 0 Å². The molecular weight excluding hydrogens is 259 g/mol. The Balaban J connectivity index is 2.23. The highest BCUT2D eigenvalue weighted by Gasteiger charge is 2.14. The molecule has 0 saturated carbocycles. The van der Waals surface area contributed by atoms with Gasteiger partial charge in [0.05, 0.1) is 19.3 Å². The predicted octanol–water partition coefficient (Wildman–Crippen LogP) is 1.34. The van der Waals surface area contributed by atoms with E-state index in [1.165, 1.54) is 12.1 Å². The molecule has 1 atom stereocenters. The normalized spacial score (nSPS) is 13.1. The molecule has 1 heterocycles. The van der Waals surface area contributed by atoms with Gasteiger partial charge in [-0.1, -0.05) is 0 Å². The molecule has 20 heavy (non-hydrogen) atoms. The van der Waals surface area contributed by atoms with E-state index in [0.29, 0.717) is 19.6 Å². The van der Waals surface area contributed by atoms with E-state index in [-0.39, 0.29) is 12.4 Å². The highest BCUT2D eigenvalue weighted by atomic mass is 19.1. The molecular formula is C15H21FN2O2. The Morgan fingerprint density at radius 3 is 2.80 bits per heavy atom. The number of rotatable bonds is 6. The van der Waals surface area contributed by atoms with Crippen LogP contribution in [0.15, 0.2) is 18.2 Å². The number of aliphatic hydroxyl groups excluding tert-OH is 2. The van der Waals surface area contributed by atoms with Gasteiger partial charge in [-0.2, -0.15) is 0 Å². The van der Waals surface area contributed by atoms with Gasteiger partial charge in [0.25, 0.3) is 0 Å². The zero-order valence-corrected chi connectivity index (χ0v) is 11.9. The number of aryl methyl sites for hydroxylation is 1. The number of nitrogens with one attached hydrogen (secondary N) is 1. The van der Waals surface area contributed by atoms with E-state index in [9.17, 15) is 9.50 Å². The summed E-state index contributed by atoms with van der Waals surface area (Å²) in [5.74, 6) is -0.247. The second kappa shape index (κ2) is 6.35. The molecule has 1 aromatic carbocycles. The third-order valence-corrected chi connectivity index (χ3v) is 3.66. The minimum atomic E-state index is -0.555. The van der Waals surface area contributed by atoms with Gasteiger partial charge in [0.2, 0.25) is 0 Å². The van der Waals surface area contributed by atoms with Crippen molar-refractivity contribution >= 4 is 10.9 Å². The zero-order chi connectivity index (χ0) is 14.7. The van der Waals surface area contributed by atoms with Gasteiger partial charge in [-0.15, -0.1) is 0 Å². The van der Waals surface area contributed by atoms with Crippen molar-refractivity contribution in [2.45, 2.75) is 26.5 Å². The summed E-state index contributed by atoms with van der Waals surface area (Å²) in [5.41, 5.74) is 3.00. The first-order valence-electron chi connectivity index (χ1n) is 6.79. The molecule has 0 aliphatic carbocycles. The van der Waals surface area contributed by atoms with E-state index in [1.807, 2.05) is 18.4 Å². The van der Waals surface area contributed by atoms with Crippen LogP contribution in [0.5, 0.6) is 0 Å². The van der Waals surface area contributed by atoms with E-state index < -0.39 is 6.10 Å². The summed E-state index contributed by atoms with van der Waals surface area (Å²) < 4.78 is 15.3. The second-order valence-corrected chi connectivity index (χ2v) is 5.06. The molecule has 0 spiro atoms. The van der Waals surface area contributed by atoms with Crippen LogP contribution in [-0.4, -0.2) is 40.6 Å². The summed E-state index contributed by atoms with van der Waals surface area (Å²) in [4.78, 5) is 0. The highest BCUT2D eigenvalue weighted by molar-refractivity contribution is 5.85. The molecule has 0 amide bonds. The predicted molar refractivity (Wildman–Crippen MR) is 77.3 cm³/mol. The minimum Gasteiger partial charge on any atom is -0.395 e. The molecule has 2 rings (SSSR count). The lowest BCUT2D eigenvalue weighted by Crippen LogP contribution is -2.32. The maximum atomic E-state index is 13.3. The van der Waals surface area contributed by atoms with Crippen LogP contribution in [0.4, 0.5) is 4.39 Å². The van der Waals surface area contributed by atoms with Crippen LogP contribution < -0.4 is 5.32 Å². The van der Waals surface area contributed by atoms with Gasteiger partial charge in [0, 0.05) is 29.7 Å². The smallest absolute Gasteiger partial charge is 0.123 e. The molecule has 0 bridgehead atoms. The average Bonchev–Trinajstić information content (AvgIpc) is 2.64. The second-order valence-electron chi connectivity index (χ2n) is 5.06. The number of aliphatic hydroxyl groups is 2. The van der Waals surface area contributed by atoms with Crippen LogP contribution in [0.1, 0.15) is 11.3 Å². The Kier molecular flexibility index (Phi) is 4.75. The number of benzene rings is 1. The number of aromatic nitrogens is 1. The monoisotopic (exact) mass is 280 g/mol. The number of hydrogen-bond acceptors (Lipinski definition) is 3. The van der Waals surface area contributed by atoms with Gasteiger partial charge in [-0.25, -0.2) is 4.39 Å². The van der Waals surface area contributed by atoms with E-state index in [4.69, 9.17) is 5.11 Å². The summed E-state index contributed by atoms with van der Waals surface area (Å²) in [6.07, 6.45) is -0.555. The lowest BCUT2D eigenvalue weighted by molar-refractivity contribution is 0.149. The summed E-state index contributed by atoms with van der Waals surface area (Å²) in [6, 6.07) is 4.72. The minimum absolute atomic E-state index is 0.0522. The van der Waals surface area contributed by atoms with Gasteiger partial charge in [0.1, 0.15) is 5.82 Å². The lowest BCUT2D eigenvalue weighted by atomic mass is 10.1. The van der Waals surface area contributed by atoms with Gasteiger partial charge >= 0.3 is 0 Å². The molecule has 1 aromatic heterocycles. The molecule has 0 radical (unpaired) electrons. The molecule has 0 aliphatic rings. The fourth-order valence-corrected chi connectivity index (χ4v) is 2.48. The summed E-state index contributed by atoms with van der Waals surface area (Å²) in [7, 11) is 0. The molecule has 5 heteroatoms. The molecule has 2 aromatic rings. The van der Waals surface area contributed by atoms with Gasteiger partial charge in [0.15, 0.2) is 0 Å². The lowest BCUT2D eigenvalue weighted by Gasteiger charge is -2.15. The topological polar surface area (TPSA) is 57.4 Å². The average molecular weight is 280 g/mol. The van der Waals surface area contributed by atoms with Crippen molar-refractivity contribution in [2.24, 2.45) is 0 Å². The van der Waals surface area contributed by atoms with Crippen LogP contribution in [0.25, 0.3) is 10.9 Å². The number of halogens is 1. The van der Waals surface area contributed by atoms with Crippen molar-refractivity contribution in [3.8, 4) is 0 Å². The molecule has 4 nitrogen and oxygen atoms in total. The third-order valence-electron chi connectivity index (χ3n) is 3.66. The van der Waals surface area contributed by atoms with Crippen molar-refractivity contribution in [1.29, 1.82) is 0 Å². The van der Waals surface area contributed by atoms with E-state index in [2.05, 4.69) is 5.32 Å². The maximum Gasteiger partial charge on any atom is 0.123 e. The van der Waals surface area contributed by atoms with Crippen LogP contribution >= 0.6 is 0 Å². The van der Waals surface area contributed by atoms with Gasteiger partial charge in [-0.3, -0.25) is 0 Å². The first-order chi connectivity index (χ1) is 9.54. The highest BCUT2D eigenvalue weighted by Crippen LogP contribution is 2.26. The summed E-state index contributed by atoms with van der Waals surface area (Å²) in [6.45, 7) is 5.31. The van der Waals surface area contributed by atoms with Gasteiger partial charge < -0.3 is 20.1 Å². The molecule has 0 unspecified atom stereocenters. The Hall–Kier alpha value is -1.43.